The molecule has 5 nitrogen and oxygen atoms in total. The maximum absolute atomic E-state index is 11.5. The average Bonchev–Trinajstić information content (AvgIpc) is 2.44. The summed E-state index contributed by atoms with van der Waals surface area (Å²) in [5, 5.41) is 7.20. The van der Waals surface area contributed by atoms with Crippen LogP contribution in [0.2, 0.25) is 0 Å². The minimum atomic E-state index is -0.408. The predicted molar refractivity (Wildman–Crippen MR) is 79.3 cm³/mol. The van der Waals surface area contributed by atoms with Crippen molar-refractivity contribution >= 4 is 29.5 Å². The van der Waals surface area contributed by atoms with Crippen LogP contribution >= 0.6 is 12.2 Å². The Hall–Kier alpha value is -2.21. The van der Waals surface area contributed by atoms with Crippen molar-refractivity contribution in [3.05, 3.63) is 48.0 Å². The third-order valence-electron chi connectivity index (χ3n) is 2.14. The molecule has 1 aromatic carbocycles. The fourth-order valence-corrected chi connectivity index (χ4v) is 1.41. The van der Waals surface area contributed by atoms with Gasteiger partial charge in [0.2, 0.25) is 0 Å². The van der Waals surface area contributed by atoms with Gasteiger partial charge in [0.15, 0.2) is 5.11 Å². The number of carbonyl (C=O) groups excluding carboxylic acids is 1. The zero-order chi connectivity index (χ0) is 14.1. The SMILES string of the molecule is C=CCNC(=S)N/N=C\c1ccccc1C(=O)OC. The van der Waals surface area contributed by atoms with Crippen LogP contribution in [-0.4, -0.2) is 31.0 Å². The minimum Gasteiger partial charge on any atom is -0.465 e. The largest absolute Gasteiger partial charge is 0.465 e. The Morgan fingerprint density at radius 2 is 2.26 bits per heavy atom. The molecule has 6 heteroatoms. The lowest BCUT2D eigenvalue weighted by atomic mass is 10.1. The summed E-state index contributed by atoms with van der Waals surface area (Å²) in [5.74, 6) is -0.408. The Balaban J connectivity index is 2.69. The fourth-order valence-electron chi connectivity index (χ4n) is 1.27. The van der Waals surface area contributed by atoms with Crippen molar-refractivity contribution in [1.29, 1.82) is 0 Å². The van der Waals surface area contributed by atoms with Gasteiger partial charge in [0.05, 0.1) is 18.9 Å². The van der Waals surface area contributed by atoms with Crippen molar-refractivity contribution in [2.45, 2.75) is 0 Å². The highest BCUT2D eigenvalue weighted by molar-refractivity contribution is 7.80. The standard InChI is InChI=1S/C13H15N3O2S/c1-3-8-14-13(19)16-15-9-10-6-4-5-7-11(10)12(17)18-2/h3-7,9H,1,8H2,2H3,(H2,14,16,19)/b15-9-. The molecule has 2 N–H and O–H groups in total. The van der Waals surface area contributed by atoms with E-state index in [1.807, 2.05) is 6.07 Å². The number of nitrogens with zero attached hydrogens (tertiary/aromatic N) is 1. The van der Waals surface area contributed by atoms with Crippen LogP contribution in [-0.2, 0) is 4.74 Å². The van der Waals surface area contributed by atoms with Gasteiger partial charge in [0, 0.05) is 12.1 Å². The molecular formula is C13H15N3O2S. The quantitative estimate of drug-likeness (QED) is 0.280. The summed E-state index contributed by atoms with van der Waals surface area (Å²) in [6.07, 6.45) is 3.19. The van der Waals surface area contributed by atoms with Gasteiger partial charge >= 0.3 is 5.97 Å². The fraction of sp³-hybridized carbons (Fsp3) is 0.154. The van der Waals surface area contributed by atoms with Crippen molar-refractivity contribution in [2.75, 3.05) is 13.7 Å². The van der Waals surface area contributed by atoms with Gasteiger partial charge in [0.1, 0.15) is 0 Å². The Morgan fingerprint density at radius 1 is 1.53 bits per heavy atom. The van der Waals surface area contributed by atoms with Crippen LogP contribution in [0, 0.1) is 0 Å². The summed E-state index contributed by atoms with van der Waals surface area (Å²) < 4.78 is 4.69. The molecule has 0 heterocycles. The Kier molecular flexibility index (Phi) is 6.25. The number of ether oxygens (including phenoxy) is 1. The molecule has 1 rings (SSSR count). The summed E-state index contributed by atoms with van der Waals surface area (Å²) in [7, 11) is 1.34. The Bertz CT molecular complexity index is 500. The summed E-state index contributed by atoms with van der Waals surface area (Å²) >= 11 is 4.97. The van der Waals surface area contributed by atoms with E-state index in [4.69, 9.17) is 12.2 Å². The van der Waals surface area contributed by atoms with E-state index in [1.54, 1.807) is 24.3 Å². The number of hydrazone groups is 1. The number of methoxy groups -OCH3 is 1. The van der Waals surface area contributed by atoms with Crippen LogP contribution in [0.25, 0.3) is 0 Å². The van der Waals surface area contributed by atoms with Gasteiger partial charge < -0.3 is 10.1 Å². The molecule has 0 aromatic heterocycles. The van der Waals surface area contributed by atoms with Gasteiger partial charge in [-0.05, 0) is 18.3 Å². The summed E-state index contributed by atoms with van der Waals surface area (Å²) in [6.45, 7) is 4.12. The van der Waals surface area contributed by atoms with Crippen molar-refractivity contribution in [3.63, 3.8) is 0 Å². The minimum absolute atomic E-state index is 0.381. The van der Waals surface area contributed by atoms with E-state index in [9.17, 15) is 4.79 Å². The van der Waals surface area contributed by atoms with Crippen LogP contribution in [0.1, 0.15) is 15.9 Å². The second-order valence-corrected chi connectivity index (χ2v) is 3.86. The maximum Gasteiger partial charge on any atom is 0.338 e. The summed E-state index contributed by atoms with van der Waals surface area (Å²) in [6, 6.07) is 6.99. The Labute approximate surface area is 117 Å². The molecule has 19 heavy (non-hydrogen) atoms. The molecule has 0 spiro atoms. The van der Waals surface area contributed by atoms with E-state index in [-0.39, 0.29) is 0 Å². The molecule has 0 atom stereocenters. The Morgan fingerprint density at radius 3 is 2.95 bits per heavy atom. The van der Waals surface area contributed by atoms with Crippen molar-refractivity contribution in [3.8, 4) is 0 Å². The second-order valence-electron chi connectivity index (χ2n) is 3.45. The van der Waals surface area contributed by atoms with Gasteiger partial charge in [-0.15, -0.1) is 6.58 Å². The van der Waals surface area contributed by atoms with Crippen LogP contribution in [0.4, 0.5) is 0 Å². The molecule has 0 aliphatic rings. The summed E-state index contributed by atoms with van der Waals surface area (Å²) in [4.78, 5) is 11.5. The highest BCUT2D eigenvalue weighted by Gasteiger charge is 2.08. The van der Waals surface area contributed by atoms with Crippen molar-refractivity contribution in [1.82, 2.24) is 10.7 Å². The smallest absolute Gasteiger partial charge is 0.338 e. The first-order chi connectivity index (χ1) is 9.19. The average molecular weight is 277 g/mol. The lowest BCUT2D eigenvalue weighted by molar-refractivity contribution is 0.0600. The van der Waals surface area contributed by atoms with E-state index in [0.29, 0.717) is 22.8 Å². The van der Waals surface area contributed by atoms with Crippen LogP contribution in [0.15, 0.2) is 42.0 Å². The molecule has 0 bridgehead atoms. The molecule has 1 aromatic rings. The number of hydrogen-bond donors (Lipinski definition) is 2. The predicted octanol–water partition coefficient (Wildman–Crippen LogP) is 1.46. The number of hydrogen-bond acceptors (Lipinski definition) is 4. The van der Waals surface area contributed by atoms with Crippen molar-refractivity contribution < 1.29 is 9.53 Å². The van der Waals surface area contributed by atoms with E-state index < -0.39 is 5.97 Å². The molecule has 100 valence electrons. The molecule has 0 aliphatic carbocycles. The zero-order valence-corrected chi connectivity index (χ0v) is 11.4. The third-order valence-corrected chi connectivity index (χ3v) is 2.38. The molecular weight excluding hydrogens is 262 g/mol. The number of nitrogens with one attached hydrogen (secondary N) is 2. The molecule has 0 unspecified atom stereocenters. The summed E-state index contributed by atoms with van der Waals surface area (Å²) in [5.41, 5.74) is 3.73. The molecule has 0 saturated heterocycles. The first-order valence-electron chi connectivity index (χ1n) is 5.54. The van der Waals surface area contributed by atoms with Gasteiger partial charge in [0.25, 0.3) is 0 Å². The highest BCUT2D eigenvalue weighted by Crippen LogP contribution is 2.07. The number of carbonyl (C=O) groups is 1. The van der Waals surface area contributed by atoms with E-state index in [2.05, 4.69) is 27.2 Å². The molecule has 0 fully saturated rings. The normalized spacial score (nSPS) is 9.95. The monoisotopic (exact) mass is 277 g/mol. The van der Waals surface area contributed by atoms with Crippen molar-refractivity contribution in [2.24, 2.45) is 5.10 Å². The first kappa shape index (κ1) is 14.8. The van der Waals surface area contributed by atoms with Gasteiger partial charge in [-0.3, -0.25) is 5.43 Å². The van der Waals surface area contributed by atoms with Gasteiger partial charge in [-0.2, -0.15) is 5.10 Å². The zero-order valence-electron chi connectivity index (χ0n) is 10.6. The number of thiocarbonyl (C=S) groups is 1. The number of esters is 1. The molecule has 0 aliphatic heterocycles. The first-order valence-corrected chi connectivity index (χ1v) is 5.95. The second kappa shape index (κ2) is 7.99. The van der Waals surface area contributed by atoms with Crippen LogP contribution < -0.4 is 10.7 Å². The van der Waals surface area contributed by atoms with Crippen LogP contribution in [0.5, 0.6) is 0 Å². The van der Waals surface area contributed by atoms with Gasteiger partial charge in [-0.25, -0.2) is 4.79 Å². The maximum atomic E-state index is 11.5. The topological polar surface area (TPSA) is 62.7 Å². The number of benzene rings is 1. The molecule has 0 saturated carbocycles. The van der Waals surface area contributed by atoms with E-state index in [0.717, 1.165) is 0 Å². The molecule has 0 radical (unpaired) electrons. The lowest BCUT2D eigenvalue weighted by Gasteiger charge is -2.05. The number of rotatable bonds is 5. The van der Waals surface area contributed by atoms with E-state index >= 15 is 0 Å². The lowest BCUT2D eigenvalue weighted by Crippen LogP contribution is -2.31. The molecule has 0 amide bonds. The van der Waals surface area contributed by atoms with Gasteiger partial charge in [-0.1, -0.05) is 24.3 Å². The van der Waals surface area contributed by atoms with Crippen LogP contribution in [0.3, 0.4) is 0 Å². The van der Waals surface area contributed by atoms with E-state index in [1.165, 1.54) is 13.3 Å². The highest BCUT2D eigenvalue weighted by atomic mass is 32.1. The third kappa shape index (κ3) is 4.89.